The van der Waals surface area contributed by atoms with Crippen molar-refractivity contribution < 1.29 is 42.2 Å². The molecule has 0 aliphatic carbocycles. The summed E-state index contributed by atoms with van der Waals surface area (Å²) in [6.07, 6.45) is 0. The first kappa shape index (κ1) is 18.5. The Morgan fingerprint density at radius 2 is 1.94 bits per heavy atom. The molecule has 0 fully saturated rings. The molecule has 2 aromatic rings. The molecule has 0 aliphatic heterocycles. The van der Waals surface area contributed by atoms with Gasteiger partial charge in [0.1, 0.15) is 5.82 Å². The van der Waals surface area contributed by atoms with Gasteiger partial charge in [0.25, 0.3) is 0 Å². The van der Waals surface area contributed by atoms with Crippen LogP contribution in [0.1, 0.15) is 5.82 Å². The van der Waals surface area contributed by atoms with Crippen LogP contribution < -0.4 is 4.90 Å². The van der Waals surface area contributed by atoms with Gasteiger partial charge in [-0.2, -0.15) is 12.1 Å². The molecule has 0 saturated heterocycles. The van der Waals surface area contributed by atoms with Crippen LogP contribution in [0.3, 0.4) is 0 Å². The van der Waals surface area contributed by atoms with Gasteiger partial charge in [0.2, 0.25) is 0 Å². The third-order valence-electron chi connectivity index (χ3n) is 1.79. The van der Waals surface area contributed by atoms with E-state index in [1.807, 2.05) is 25.9 Å². The fourth-order valence-corrected chi connectivity index (χ4v) is 1.05. The molecule has 2 aromatic heterocycles. The summed E-state index contributed by atoms with van der Waals surface area (Å²) in [6, 6.07) is 4.80. The Morgan fingerprint density at radius 3 is 2.47 bits per heavy atom. The first-order valence-corrected chi connectivity index (χ1v) is 13.3. The number of nitrogens with zero attached hydrogens (tertiary/aromatic N) is 5. The van der Waals surface area contributed by atoms with E-state index in [0.29, 0.717) is 15.1 Å². The standard InChI is InChI=1S/C8H10N5.2HI.V.Y/c1-6-9-10-7-4-5-8(12(2)3)11-13(6)7;;;;/h5H,1-3H3;2*1H;;/q-1;;;+2;/p-2. The summed E-state index contributed by atoms with van der Waals surface area (Å²) in [5.41, 5.74) is 0.656. The minimum Gasteiger partial charge on any atom is 0 e. The number of anilines is 1. The average molecular weight is 570 g/mol. The minimum absolute atomic E-state index is 0. The molecule has 0 N–H and O–H groups in total. The van der Waals surface area contributed by atoms with E-state index in [9.17, 15) is 0 Å². The van der Waals surface area contributed by atoms with Crippen molar-refractivity contribution in [3.63, 3.8) is 0 Å². The van der Waals surface area contributed by atoms with Crippen molar-refractivity contribution in [2.24, 2.45) is 0 Å². The van der Waals surface area contributed by atoms with Crippen molar-refractivity contribution in [1.29, 1.82) is 0 Å². The molecule has 5 nitrogen and oxygen atoms in total. The summed E-state index contributed by atoms with van der Waals surface area (Å²) < 4.78 is 1.68. The minimum atomic E-state index is 0. The molecule has 0 aromatic carbocycles. The van der Waals surface area contributed by atoms with E-state index in [4.69, 9.17) is 0 Å². The summed E-state index contributed by atoms with van der Waals surface area (Å²) in [5.74, 6) is 1.62. The van der Waals surface area contributed by atoms with E-state index in [1.165, 1.54) is 0 Å². The van der Waals surface area contributed by atoms with Gasteiger partial charge in [-0.1, -0.05) is 0 Å². The quantitative estimate of drug-likeness (QED) is 0.390. The van der Waals surface area contributed by atoms with Crippen molar-refractivity contribution in [2.75, 3.05) is 19.0 Å². The number of hydrogen-bond acceptors (Lipinski definition) is 4. The van der Waals surface area contributed by atoms with Crippen LogP contribution in [0.4, 0.5) is 5.82 Å². The maximum absolute atomic E-state index is 4.32. The van der Waals surface area contributed by atoms with E-state index in [-0.39, 0.29) is 32.7 Å². The van der Waals surface area contributed by atoms with Gasteiger partial charge in [-0.25, -0.2) is 9.61 Å². The van der Waals surface area contributed by atoms with Gasteiger partial charge < -0.3 is 4.90 Å². The molecule has 17 heavy (non-hydrogen) atoms. The number of hydrogen-bond donors (Lipinski definition) is 0. The molecule has 9 heteroatoms. The van der Waals surface area contributed by atoms with Gasteiger partial charge in [0.05, 0.1) is 5.65 Å². The van der Waals surface area contributed by atoms with Crippen LogP contribution in [0.25, 0.3) is 5.65 Å². The molecular formula is C8H10I2N5VY-. The topological polar surface area (TPSA) is 46.3 Å². The second kappa shape index (κ2) is 9.41. The Bertz CT molecular complexity index is 464. The van der Waals surface area contributed by atoms with E-state index in [2.05, 4.69) is 61.3 Å². The maximum atomic E-state index is 4.32. The van der Waals surface area contributed by atoms with Crippen LogP contribution in [0.2, 0.25) is 0 Å². The van der Waals surface area contributed by atoms with E-state index in [1.54, 1.807) is 10.6 Å². The molecule has 2 heterocycles. The van der Waals surface area contributed by atoms with Crippen LogP contribution >= 0.6 is 40.0 Å². The Kier molecular flexibility index (Phi) is 10.2. The van der Waals surface area contributed by atoms with Crippen LogP contribution in [0.15, 0.2) is 6.07 Å². The van der Waals surface area contributed by atoms with Gasteiger partial charge >= 0.3 is 49.4 Å². The Labute approximate surface area is 155 Å². The first-order chi connectivity index (χ1) is 7.60. The summed E-state index contributed by atoms with van der Waals surface area (Å²) >= 11 is 4.74. The van der Waals surface area contributed by atoms with Gasteiger partial charge in [-0.3, -0.25) is 0 Å². The monoisotopic (exact) mass is 570 g/mol. The molecule has 90 valence electrons. The third-order valence-corrected chi connectivity index (χ3v) is 1.79. The Hall–Kier alpha value is 1.50. The number of aryl methyl sites for hydroxylation is 1. The predicted molar refractivity (Wildman–Crippen MR) is 76.7 cm³/mol. The number of rotatable bonds is 1. The van der Waals surface area contributed by atoms with Crippen molar-refractivity contribution in [1.82, 2.24) is 19.8 Å². The average Bonchev–Trinajstić information content (AvgIpc) is 2.61. The molecular weight excluding hydrogens is 560 g/mol. The molecule has 0 aliphatic rings. The van der Waals surface area contributed by atoms with Crippen LogP contribution in [0.5, 0.6) is 0 Å². The van der Waals surface area contributed by atoms with Crippen molar-refractivity contribution in [3.8, 4) is 0 Å². The summed E-state index contributed by atoms with van der Waals surface area (Å²) in [6.45, 7) is 1.86. The Morgan fingerprint density at radius 1 is 1.35 bits per heavy atom. The van der Waals surface area contributed by atoms with Crippen LogP contribution in [-0.2, 0) is 42.2 Å². The fraction of sp³-hybridized carbons (Fsp3) is 0.375. The van der Waals surface area contributed by atoms with Gasteiger partial charge in [-0.15, -0.1) is 10.2 Å². The van der Waals surface area contributed by atoms with Gasteiger partial charge in [0.15, 0.2) is 0 Å². The molecule has 0 unspecified atom stereocenters. The smallest absolute Gasteiger partial charge is 0 e. The van der Waals surface area contributed by atoms with Crippen molar-refractivity contribution >= 4 is 51.4 Å². The van der Waals surface area contributed by atoms with E-state index < -0.39 is 0 Å². The molecule has 2 rings (SSSR count). The number of halogens is 2. The summed E-state index contributed by atoms with van der Waals surface area (Å²) in [5, 5.41) is 12.1. The van der Waals surface area contributed by atoms with E-state index in [0.717, 1.165) is 11.6 Å². The number of aromatic nitrogens is 4. The summed E-state index contributed by atoms with van der Waals surface area (Å²) in [4.78, 5) is 1.91. The van der Waals surface area contributed by atoms with Gasteiger partial charge in [0, 0.05) is 32.7 Å². The van der Waals surface area contributed by atoms with Crippen molar-refractivity contribution in [3.05, 3.63) is 18.0 Å². The Balaban J connectivity index is 0.000000583. The normalized spacial score (nSPS) is 9.00. The maximum Gasteiger partial charge on any atom is 0 e. The zero-order chi connectivity index (χ0) is 12.1. The second-order valence-electron chi connectivity index (χ2n) is 3.09. The fourth-order valence-electron chi connectivity index (χ4n) is 1.05. The summed E-state index contributed by atoms with van der Waals surface area (Å²) in [7, 11) is 4.49. The largest absolute Gasteiger partial charge is 0 e. The third kappa shape index (κ3) is 5.56. The molecule has 0 atom stereocenters. The molecule has 0 spiro atoms. The van der Waals surface area contributed by atoms with Crippen LogP contribution in [-0.4, -0.2) is 33.9 Å². The molecule has 1 radical (unpaired) electrons. The molecule has 0 amide bonds. The zero-order valence-corrected chi connectivity index (χ0v) is 18.1. The second-order valence-corrected chi connectivity index (χ2v) is 14.9. The van der Waals surface area contributed by atoms with E-state index >= 15 is 0 Å². The number of fused-ring (bicyclic) bond motifs is 1. The van der Waals surface area contributed by atoms with Gasteiger partial charge in [-0.05, 0) is 26.8 Å². The SMILES string of the molecule is Cc1nnc2[c-]cc(N(C)C)nn12.[I][V][I].[Y]. The molecule has 0 saturated carbocycles. The zero-order valence-electron chi connectivity index (χ0n) is 9.59. The molecule has 0 bridgehead atoms. The first-order valence-electron chi connectivity index (χ1n) is 4.30. The van der Waals surface area contributed by atoms with Crippen molar-refractivity contribution in [2.45, 2.75) is 6.92 Å². The predicted octanol–water partition coefficient (Wildman–Crippen LogP) is 2.07. The van der Waals surface area contributed by atoms with Crippen LogP contribution in [0, 0.1) is 13.0 Å².